The molecule has 3 heterocycles. The Morgan fingerprint density at radius 2 is 2.12 bits per heavy atom. The lowest BCUT2D eigenvalue weighted by Gasteiger charge is -2.06. The number of nitrogens with one attached hydrogen (secondary N) is 3. The van der Waals surface area contributed by atoms with E-state index < -0.39 is 0 Å². The maximum Gasteiger partial charge on any atom is 0.270 e. The van der Waals surface area contributed by atoms with Gasteiger partial charge in [0.15, 0.2) is 5.65 Å². The number of fused-ring (bicyclic) bond motifs is 1. The summed E-state index contributed by atoms with van der Waals surface area (Å²) in [7, 11) is 0. The van der Waals surface area contributed by atoms with E-state index in [1.165, 1.54) is 0 Å². The van der Waals surface area contributed by atoms with Gasteiger partial charge in [0.1, 0.15) is 5.69 Å². The Morgan fingerprint density at radius 3 is 2.96 bits per heavy atom. The summed E-state index contributed by atoms with van der Waals surface area (Å²) in [6, 6.07) is 7.33. The highest BCUT2D eigenvalue weighted by Crippen LogP contribution is 2.30. The van der Waals surface area contributed by atoms with Crippen molar-refractivity contribution >= 4 is 22.8 Å². The Hall–Kier alpha value is -3.29. The highest BCUT2D eigenvalue weighted by atomic mass is 16.2. The largest absolute Gasteiger partial charge is 0.355 e. The summed E-state index contributed by atoms with van der Waals surface area (Å²) < 4.78 is 0. The first-order chi connectivity index (χ1) is 12.7. The minimum Gasteiger partial charge on any atom is -0.355 e. The number of hydrogen-bond acceptors (Lipinski definition) is 5. The second kappa shape index (κ2) is 6.91. The van der Waals surface area contributed by atoms with Crippen molar-refractivity contribution < 1.29 is 9.59 Å². The molecule has 1 fully saturated rings. The molecule has 1 saturated carbocycles. The standard InChI is InChI=1S/C18H18N6O2/c25-15(7-11-3-1-5-19-9-11)21-10-12-8-14(12)22-18(26)16-13-4-2-6-20-17(13)24-23-16/h1-6,9,12,14H,7-8,10H2,(H,21,25)(H,22,26)(H,20,23,24). The molecule has 1 aliphatic rings. The first kappa shape index (κ1) is 16.2. The van der Waals surface area contributed by atoms with Gasteiger partial charge in [-0.1, -0.05) is 6.07 Å². The molecule has 0 aliphatic heterocycles. The monoisotopic (exact) mass is 350 g/mol. The predicted octanol–water partition coefficient (Wildman–Crippen LogP) is 0.830. The second-order valence-corrected chi connectivity index (χ2v) is 6.39. The summed E-state index contributed by atoms with van der Waals surface area (Å²) in [5, 5.41) is 13.4. The van der Waals surface area contributed by atoms with Gasteiger partial charge in [-0.05, 0) is 36.1 Å². The molecule has 3 N–H and O–H groups in total. The van der Waals surface area contributed by atoms with Crippen LogP contribution in [0.1, 0.15) is 22.5 Å². The summed E-state index contributed by atoms with van der Waals surface area (Å²) in [5.41, 5.74) is 1.82. The van der Waals surface area contributed by atoms with Crippen LogP contribution in [0.25, 0.3) is 11.0 Å². The first-order valence-electron chi connectivity index (χ1n) is 8.46. The molecule has 0 aromatic carbocycles. The molecule has 132 valence electrons. The Bertz CT molecular complexity index is 939. The molecule has 8 nitrogen and oxygen atoms in total. The van der Waals surface area contributed by atoms with Crippen molar-refractivity contribution in [3.63, 3.8) is 0 Å². The average molecular weight is 350 g/mol. The van der Waals surface area contributed by atoms with Crippen LogP contribution in [0.3, 0.4) is 0 Å². The Kier molecular flexibility index (Phi) is 4.30. The van der Waals surface area contributed by atoms with Gasteiger partial charge in [-0.15, -0.1) is 0 Å². The van der Waals surface area contributed by atoms with Crippen LogP contribution in [0.15, 0.2) is 42.9 Å². The van der Waals surface area contributed by atoms with Crippen LogP contribution in [-0.4, -0.2) is 44.6 Å². The fourth-order valence-electron chi connectivity index (χ4n) is 2.91. The number of aromatic nitrogens is 4. The fraction of sp³-hybridized carbons (Fsp3) is 0.278. The zero-order chi connectivity index (χ0) is 17.9. The van der Waals surface area contributed by atoms with E-state index in [1.54, 1.807) is 24.7 Å². The third-order valence-corrected chi connectivity index (χ3v) is 4.44. The Labute approximate surface area is 149 Å². The molecule has 3 aromatic rings. The fourth-order valence-corrected chi connectivity index (χ4v) is 2.91. The molecule has 0 spiro atoms. The number of aromatic amines is 1. The van der Waals surface area contributed by atoms with E-state index in [4.69, 9.17) is 0 Å². The van der Waals surface area contributed by atoms with Gasteiger partial charge in [-0.25, -0.2) is 4.98 Å². The van der Waals surface area contributed by atoms with Crippen LogP contribution in [-0.2, 0) is 11.2 Å². The van der Waals surface area contributed by atoms with Gasteiger partial charge in [0.2, 0.25) is 5.91 Å². The number of nitrogens with zero attached hydrogens (tertiary/aromatic N) is 3. The van der Waals surface area contributed by atoms with E-state index in [-0.39, 0.29) is 23.8 Å². The van der Waals surface area contributed by atoms with Crippen LogP contribution in [0.4, 0.5) is 0 Å². The van der Waals surface area contributed by atoms with Crippen LogP contribution in [0.5, 0.6) is 0 Å². The van der Waals surface area contributed by atoms with Crippen LogP contribution < -0.4 is 10.6 Å². The van der Waals surface area contributed by atoms with E-state index in [9.17, 15) is 9.59 Å². The van der Waals surface area contributed by atoms with Crippen molar-refractivity contribution in [1.29, 1.82) is 0 Å². The van der Waals surface area contributed by atoms with Crippen molar-refractivity contribution in [3.8, 4) is 0 Å². The summed E-state index contributed by atoms with van der Waals surface area (Å²) in [6.45, 7) is 0.551. The van der Waals surface area contributed by atoms with E-state index in [0.29, 0.717) is 29.7 Å². The summed E-state index contributed by atoms with van der Waals surface area (Å²) >= 11 is 0. The molecule has 0 saturated heterocycles. The van der Waals surface area contributed by atoms with E-state index in [0.717, 1.165) is 12.0 Å². The average Bonchev–Trinajstić information content (AvgIpc) is 3.24. The lowest BCUT2D eigenvalue weighted by Crippen LogP contribution is -2.32. The summed E-state index contributed by atoms with van der Waals surface area (Å²) in [5.74, 6) is 0.0133. The Balaban J connectivity index is 1.25. The number of carbonyl (C=O) groups is 2. The third-order valence-electron chi connectivity index (χ3n) is 4.44. The lowest BCUT2D eigenvalue weighted by molar-refractivity contribution is -0.120. The SMILES string of the molecule is O=C(Cc1cccnc1)NCC1CC1NC(=O)c1[nH]nc2ncccc12. The van der Waals surface area contributed by atoms with Gasteiger partial charge < -0.3 is 10.6 Å². The molecule has 4 rings (SSSR count). The first-order valence-corrected chi connectivity index (χ1v) is 8.46. The van der Waals surface area contributed by atoms with E-state index >= 15 is 0 Å². The summed E-state index contributed by atoms with van der Waals surface area (Å²) in [4.78, 5) is 32.4. The molecular weight excluding hydrogens is 332 g/mol. The van der Waals surface area contributed by atoms with E-state index in [2.05, 4.69) is 30.8 Å². The van der Waals surface area contributed by atoms with Gasteiger partial charge in [0, 0.05) is 31.2 Å². The number of rotatable bonds is 6. The molecule has 8 heteroatoms. The number of carbonyl (C=O) groups excluding carboxylic acids is 2. The molecular formula is C18H18N6O2. The van der Waals surface area contributed by atoms with Crippen molar-refractivity contribution in [2.75, 3.05) is 6.54 Å². The molecule has 2 atom stereocenters. The van der Waals surface area contributed by atoms with Gasteiger partial charge in [0.05, 0.1) is 11.8 Å². The van der Waals surface area contributed by atoms with Crippen LogP contribution in [0, 0.1) is 5.92 Å². The number of amides is 2. The smallest absolute Gasteiger partial charge is 0.270 e. The molecule has 0 radical (unpaired) electrons. The molecule has 0 bridgehead atoms. The summed E-state index contributed by atoms with van der Waals surface area (Å²) in [6.07, 6.45) is 6.16. The normalized spacial score (nSPS) is 18.5. The second-order valence-electron chi connectivity index (χ2n) is 6.39. The minimum atomic E-state index is -0.199. The van der Waals surface area contributed by atoms with Crippen molar-refractivity contribution in [1.82, 2.24) is 30.8 Å². The number of pyridine rings is 2. The maximum atomic E-state index is 12.4. The van der Waals surface area contributed by atoms with Crippen LogP contribution in [0.2, 0.25) is 0 Å². The quantitative estimate of drug-likeness (QED) is 0.609. The van der Waals surface area contributed by atoms with Crippen LogP contribution >= 0.6 is 0 Å². The molecule has 2 unspecified atom stereocenters. The van der Waals surface area contributed by atoms with Crippen molar-refractivity contribution in [2.45, 2.75) is 18.9 Å². The molecule has 3 aromatic heterocycles. The van der Waals surface area contributed by atoms with Gasteiger partial charge in [-0.2, -0.15) is 5.10 Å². The van der Waals surface area contributed by atoms with Gasteiger partial charge >= 0.3 is 0 Å². The maximum absolute atomic E-state index is 12.4. The van der Waals surface area contributed by atoms with Gasteiger partial charge in [-0.3, -0.25) is 19.7 Å². The predicted molar refractivity (Wildman–Crippen MR) is 94.2 cm³/mol. The highest BCUT2D eigenvalue weighted by molar-refractivity contribution is 6.04. The highest BCUT2D eigenvalue weighted by Gasteiger charge is 2.38. The molecule has 2 amide bonds. The van der Waals surface area contributed by atoms with Crippen molar-refractivity contribution in [2.24, 2.45) is 5.92 Å². The minimum absolute atomic E-state index is 0.0411. The zero-order valence-electron chi connectivity index (χ0n) is 14.0. The molecule has 26 heavy (non-hydrogen) atoms. The van der Waals surface area contributed by atoms with E-state index in [1.807, 2.05) is 18.2 Å². The lowest BCUT2D eigenvalue weighted by atomic mass is 10.2. The third kappa shape index (κ3) is 3.53. The number of H-pyrrole nitrogens is 1. The van der Waals surface area contributed by atoms with Gasteiger partial charge in [0.25, 0.3) is 5.91 Å². The molecule has 1 aliphatic carbocycles. The zero-order valence-corrected chi connectivity index (χ0v) is 14.0. The topological polar surface area (TPSA) is 113 Å². The Morgan fingerprint density at radius 1 is 1.23 bits per heavy atom. The number of hydrogen-bond donors (Lipinski definition) is 3. The van der Waals surface area contributed by atoms with Crippen molar-refractivity contribution in [3.05, 3.63) is 54.1 Å².